The number of hydrogen-bond acceptors (Lipinski definition) is 4. The fourth-order valence-corrected chi connectivity index (χ4v) is 2.17. The molecule has 0 aromatic heterocycles. The van der Waals surface area contributed by atoms with Crippen LogP contribution in [0.15, 0.2) is 29.2 Å². The molecular weight excluding hydrogens is 226 g/mol. The fourth-order valence-electron chi connectivity index (χ4n) is 1.44. The Morgan fingerprint density at radius 2 is 1.88 bits per heavy atom. The molecular formula is C10H15N3O2S. The predicted molar refractivity (Wildman–Crippen MR) is 62.7 cm³/mol. The molecule has 2 rings (SSSR count). The van der Waals surface area contributed by atoms with Crippen LogP contribution in [-0.4, -0.2) is 27.5 Å². The molecule has 0 amide bonds. The molecule has 0 radical (unpaired) electrons. The molecule has 4 N–H and O–H groups in total. The summed E-state index contributed by atoms with van der Waals surface area (Å²) in [6.45, 7) is 0. The summed E-state index contributed by atoms with van der Waals surface area (Å²) in [6, 6.07) is 7.18. The van der Waals surface area contributed by atoms with Crippen LogP contribution in [0.25, 0.3) is 0 Å². The molecule has 1 aliphatic carbocycles. The Bertz CT molecular complexity index is 469. The van der Waals surface area contributed by atoms with Crippen LogP contribution in [0.2, 0.25) is 0 Å². The van der Waals surface area contributed by atoms with E-state index in [-0.39, 0.29) is 10.9 Å². The van der Waals surface area contributed by atoms with Crippen molar-refractivity contribution >= 4 is 15.7 Å². The van der Waals surface area contributed by atoms with E-state index in [0.717, 1.165) is 12.1 Å². The van der Waals surface area contributed by atoms with Crippen LogP contribution in [-0.2, 0) is 10.0 Å². The summed E-state index contributed by atoms with van der Waals surface area (Å²) in [5.74, 6) is 0. The van der Waals surface area contributed by atoms with Gasteiger partial charge >= 0.3 is 0 Å². The molecule has 1 fully saturated rings. The lowest BCUT2D eigenvalue weighted by Crippen LogP contribution is -2.18. The summed E-state index contributed by atoms with van der Waals surface area (Å²) in [6.07, 6.45) is 0.969. The average molecular weight is 241 g/mol. The van der Waals surface area contributed by atoms with Crippen molar-refractivity contribution in [1.82, 2.24) is 4.72 Å². The highest BCUT2D eigenvalue weighted by molar-refractivity contribution is 7.89. The fraction of sp³-hybridized carbons (Fsp3) is 0.400. The molecule has 5 nitrogen and oxygen atoms in total. The van der Waals surface area contributed by atoms with Gasteiger partial charge in [0.1, 0.15) is 0 Å². The minimum Gasteiger partial charge on any atom is -0.381 e. The van der Waals surface area contributed by atoms with E-state index in [2.05, 4.69) is 10.0 Å². The third kappa shape index (κ3) is 2.34. The van der Waals surface area contributed by atoms with Crippen LogP contribution in [0.4, 0.5) is 5.69 Å². The predicted octanol–water partition coefficient (Wildman–Crippen LogP) is 0.106. The van der Waals surface area contributed by atoms with Gasteiger partial charge in [0.2, 0.25) is 10.0 Å². The molecule has 1 saturated carbocycles. The van der Waals surface area contributed by atoms with E-state index in [1.54, 1.807) is 24.3 Å². The Labute approximate surface area is 95.1 Å². The summed E-state index contributed by atoms with van der Waals surface area (Å²) in [4.78, 5) is 0.264. The molecule has 16 heavy (non-hydrogen) atoms. The maximum Gasteiger partial charge on any atom is 0.240 e. The summed E-state index contributed by atoms with van der Waals surface area (Å²) >= 11 is 0. The molecule has 0 spiro atoms. The molecule has 2 atom stereocenters. The average Bonchev–Trinajstić information content (AvgIpc) is 2.95. The van der Waals surface area contributed by atoms with Crippen molar-refractivity contribution in [3.63, 3.8) is 0 Å². The number of nitrogens with two attached hydrogens (primary N) is 1. The van der Waals surface area contributed by atoms with Crippen molar-refractivity contribution < 1.29 is 8.42 Å². The zero-order valence-electron chi connectivity index (χ0n) is 8.97. The third-order valence-electron chi connectivity index (χ3n) is 2.63. The number of rotatable bonds is 4. The van der Waals surface area contributed by atoms with Crippen molar-refractivity contribution in [2.45, 2.75) is 23.4 Å². The van der Waals surface area contributed by atoms with Gasteiger partial charge in [-0.1, -0.05) is 0 Å². The first-order valence-corrected chi connectivity index (χ1v) is 6.57. The lowest BCUT2D eigenvalue weighted by Gasteiger charge is -2.06. The van der Waals surface area contributed by atoms with Crippen LogP contribution in [0.3, 0.4) is 0 Å². The number of anilines is 1. The Hall–Kier alpha value is -1.11. The first-order chi connectivity index (χ1) is 7.53. The van der Waals surface area contributed by atoms with Crippen LogP contribution in [0.1, 0.15) is 6.42 Å². The van der Waals surface area contributed by atoms with Crippen LogP contribution >= 0.6 is 0 Å². The number of benzene rings is 1. The molecule has 1 aromatic carbocycles. The Morgan fingerprint density at radius 1 is 1.31 bits per heavy atom. The highest BCUT2D eigenvalue weighted by Crippen LogP contribution is 2.24. The van der Waals surface area contributed by atoms with E-state index in [0.29, 0.717) is 6.04 Å². The summed E-state index contributed by atoms with van der Waals surface area (Å²) in [5.41, 5.74) is 6.56. The zero-order valence-corrected chi connectivity index (χ0v) is 9.79. The quantitative estimate of drug-likeness (QED) is 0.698. The number of hydrogen-bond donors (Lipinski definition) is 3. The van der Waals surface area contributed by atoms with Crippen molar-refractivity contribution in [2.24, 2.45) is 5.73 Å². The second kappa shape index (κ2) is 4.04. The third-order valence-corrected chi connectivity index (χ3v) is 4.06. The molecule has 0 aliphatic heterocycles. The molecule has 1 aliphatic rings. The van der Waals surface area contributed by atoms with Crippen LogP contribution in [0.5, 0.6) is 0 Å². The highest BCUT2D eigenvalue weighted by atomic mass is 32.2. The second-order valence-corrected chi connectivity index (χ2v) is 5.77. The van der Waals surface area contributed by atoms with E-state index >= 15 is 0 Å². The highest BCUT2D eigenvalue weighted by Gasteiger charge is 2.33. The van der Waals surface area contributed by atoms with Gasteiger partial charge in [-0.2, -0.15) is 0 Å². The first-order valence-electron chi connectivity index (χ1n) is 5.08. The Balaban J connectivity index is 2.10. The second-order valence-electron chi connectivity index (χ2n) is 3.88. The van der Waals surface area contributed by atoms with Crippen LogP contribution < -0.4 is 15.8 Å². The zero-order chi connectivity index (χ0) is 11.8. The summed E-state index contributed by atoms with van der Waals surface area (Å²) in [7, 11) is -1.95. The normalized spacial score (nSPS) is 24.1. The van der Waals surface area contributed by atoms with Gasteiger partial charge in [0.05, 0.1) is 4.90 Å². The first kappa shape index (κ1) is 11.4. The monoisotopic (exact) mass is 241 g/mol. The number of sulfonamides is 1. The van der Waals surface area contributed by atoms with Gasteiger partial charge < -0.3 is 11.1 Å². The van der Waals surface area contributed by atoms with Gasteiger partial charge in [0, 0.05) is 17.8 Å². The minimum absolute atomic E-state index is 0.223. The lowest BCUT2D eigenvalue weighted by atomic mass is 10.3. The van der Waals surface area contributed by atoms with E-state index in [9.17, 15) is 8.42 Å². The molecule has 0 saturated heterocycles. The lowest BCUT2D eigenvalue weighted by molar-refractivity contribution is 0.588. The summed E-state index contributed by atoms with van der Waals surface area (Å²) < 4.78 is 25.2. The van der Waals surface area contributed by atoms with E-state index in [1.807, 2.05) is 0 Å². The smallest absolute Gasteiger partial charge is 0.240 e. The summed E-state index contributed by atoms with van der Waals surface area (Å²) in [5, 5.41) is 3.22. The molecule has 0 heterocycles. The van der Waals surface area contributed by atoms with E-state index < -0.39 is 10.0 Å². The van der Waals surface area contributed by atoms with E-state index in [4.69, 9.17) is 5.73 Å². The SMILES string of the molecule is CNS(=O)(=O)c1ccc(NC2CC2N)cc1. The number of nitrogens with one attached hydrogen (secondary N) is 2. The van der Waals surface area contributed by atoms with Crippen LogP contribution in [0, 0.1) is 0 Å². The van der Waals surface area contributed by atoms with Gasteiger partial charge in [-0.3, -0.25) is 0 Å². The largest absolute Gasteiger partial charge is 0.381 e. The topological polar surface area (TPSA) is 84.2 Å². The van der Waals surface area contributed by atoms with Gasteiger partial charge in [-0.25, -0.2) is 13.1 Å². The van der Waals surface area contributed by atoms with Gasteiger partial charge in [0.25, 0.3) is 0 Å². The Morgan fingerprint density at radius 3 is 2.31 bits per heavy atom. The van der Waals surface area contributed by atoms with Gasteiger partial charge in [-0.15, -0.1) is 0 Å². The van der Waals surface area contributed by atoms with Crippen molar-refractivity contribution in [3.05, 3.63) is 24.3 Å². The molecule has 88 valence electrons. The maximum atomic E-state index is 11.4. The van der Waals surface area contributed by atoms with Crippen molar-refractivity contribution in [1.29, 1.82) is 0 Å². The van der Waals surface area contributed by atoms with Gasteiger partial charge in [0.15, 0.2) is 0 Å². The molecule has 1 aromatic rings. The van der Waals surface area contributed by atoms with Gasteiger partial charge in [-0.05, 0) is 37.7 Å². The molecule has 0 bridgehead atoms. The molecule has 6 heteroatoms. The Kier molecular flexibility index (Phi) is 2.88. The molecule has 2 unspecified atom stereocenters. The van der Waals surface area contributed by atoms with Crippen molar-refractivity contribution in [3.8, 4) is 0 Å². The maximum absolute atomic E-state index is 11.4. The van der Waals surface area contributed by atoms with Crippen molar-refractivity contribution in [2.75, 3.05) is 12.4 Å². The van der Waals surface area contributed by atoms with E-state index in [1.165, 1.54) is 7.05 Å². The standard InChI is InChI=1S/C10H15N3O2S/c1-12-16(14,15)8-4-2-7(3-5-8)13-10-6-9(10)11/h2-5,9-10,12-13H,6,11H2,1H3. The minimum atomic E-state index is -3.34.